The zero-order valence-corrected chi connectivity index (χ0v) is 66.9. The maximum absolute atomic E-state index is 9.24. The second kappa shape index (κ2) is 30.6. The summed E-state index contributed by atoms with van der Waals surface area (Å²) in [5.41, 5.74) is 32.4. The average molecular weight is 1580 g/mol. The molecule has 562 valence electrons. The highest BCUT2D eigenvalue weighted by molar-refractivity contribution is 9.10. The number of halogens is 1. The quantitative estimate of drug-likeness (QED) is 0.111. The van der Waals surface area contributed by atoms with Crippen LogP contribution >= 0.6 is 15.9 Å². The van der Waals surface area contributed by atoms with Crippen molar-refractivity contribution in [2.75, 3.05) is 0 Å². The molecule has 0 N–H and O–H groups in total. The van der Waals surface area contributed by atoms with Crippen LogP contribution < -0.4 is 5.46 Å². The first-order chi connectivity index (χ1) is 57.7. The number of benzene rings is 16. The fourth-order valence-corrected chi connectivity index (χ4v) is 17.6. The first-order valence-corrected chi connectivity index (χ1v) is 40.5. The molecule has 21 rings (SSSR count). The zero-order valence-electron chi connectivity index (χ0n) is 65.3. The van der Waals surface area contributed by atoms with Crippen molar-refractivity contribution in [3.8, 4) is 113 Å². The molecule has 0 unspecified atom stereocenters. The molecular formula is C108H76BBrN4O4. The summed E-state index contributed by atoms with van der Waals surface area (Å²) >= 11 is 3.78. The van der Waals surface area contributed by atoms with E-state index in [-0.39, 0.29) is 18.3 Å². The molecule has 0 amide bonds. The van der Waals surface area contributed by atoms with Gasteiger partial charge in [-0.1, -0.05) is 301 Å². The van der Waals surface area contributed by atoms with Crippen LogP contribution in [-0.2, 0) is 20.1 Å². The van der Waals surface area contributed by atoms with E-state index in [2.05, 4.69) is 328 Å². The van der Waals surface area contributed by atoms with Crippen LogP contribution in [0.1, 0.15) is 83.3 Å². The number of nitriles is 2. The standard InChI is InChI=1S/C51H32N2O.C38H24BrN.C19H20BNO3/c52-33-34-15-17-35(18-16-34)36-19-21-37(22-20-36)40-27-29-44-45-30-28-41(38-23-25-39(26-24-38)50-53-48-13-7-8-14-49(48)54-50)32-47(45)51(46(44)31-40,42-9-3-1-4-10-42)43-11-5-2-6-12-43;39-33-20-22-35-34-21-19-30(29-17-15-28(16-18-29)27-13-11-26(25-40)12-14-27)23-36(34)38(37(35)24-33,31-7-3-1-4-8-31)32-9-5-2-6-10-32;1-18(2)19(3,4)24-20(23-18)14-11-9-13(10-12-14)17-21-15-7-5-6-8-16(15)22-17/h1-32H;1-24H;5-12H,1-4H3. The largest absolute Gasteiger partial charge is 0.494 e. The summed E-state index contributed by atoms with van der Waals surface area (Å²) in [5.74, 6) is 1.25. The minimum Gasteiger partial charge on any atom is -0.436 e. The zero-order chi connectivity index (χ0) is 80.1. The number of fused-ring (bicyclic) bond motifs is 8. The Morgan fingerprint density at radius 1 is 0.280 bits per heavy atom. The van der Waals surface area contributed by atoms with E-state index in [4.69, 9.17) is 28.4 Å². The number of rotatable bonds is 12. The Balaban J connectivity index is 0.000000127. The third-order valence-electron chi connectivity index (χ3n) is 23.9. The van der Waals surface area contributed by atoms with Gasteiger partial charge in [0.05, 0.1) is 45.3 Å². The predicted octanol–water partition coefficient (Wildman–Crippen LogP) is 26.5. The number of nitrogens with zero attached hydrogens (tertiary/aromatic N) is 4. The lowest BCUT2D eigenvalue weighted by molar-refractivity contribution is 0.00578. The van der Waals surface area contributed by atoms with Gasteiger partial charge in [-0.05, 0) is 259 Å². The first kappa shape index (κ1) is 74.0. The van der Waals surface area contributed by atoms with E-state index in [0.717, 1.165) is 82.2 Å². The van der Waals surface area contributed by atoms with Gasteiger partial charge in [-0.2, -0.15) is 10.5 Å². The second-order valence-corrected chi connectivity index (χ2v) is 32.1. The molecule has 8 nitrogen and oxygen atoms in total. The summed E-state index contributed by atoms with van der Waals surface area (Å²) < 4.78 is 25.1. The summed E-state index contributed by atoms with van der Waals surface area (Å²) in [6.07, 6.45) is 0. The Morgan fingerprint density at radius 2 is 0.542 bits per heavy atom. The number of hydrogen-bond acceptors (Lipinski definition) is 8. The van der Waals surface area contributed by atoms with Gasteiger partial charge < -0.3 is 18.1 Å². The van der Waals surface area contributed by atoms with Crippen molar-refractivity contribution in [3.05, 3.63) is 448 Å². The highest BCUT2D eigenvalue weighted by Crippen LogP contribution is 2.60. The minimum absolute atomic E-state index is 0.337. The van der Waals surface area contributed by atoms with Crippen molar-refractivity contribution in [2.24, 2.45) is 0 Å². The Kier molecular flexibility index (Phi) is 19.2. The molecule has 118 heavy (non-hydrogen) atoms. The van der Waals surface area contributed by atoms with Crippen LogP contribution in [0.15, 0.2) is 402 Å². The average Bonchev–Trinajstić information content (AvgIpc) is 1.54. The Hall–Kier alpha value is -14.1. The van der Waals surface area contributed by atoms with E-state index < -0.39 is 10.8 Å². The maximum atomic E-state index is 9.24. The van der Waals surface area contributed by atoms with Crippen molar-refractivity contribution >= 4 is 50.7 Å². The summed E-state index contributed by atoms with van der Waals surface area (Å²) in [6.45, 7) is 8.22. The van der Waals surface area contributed by atoms with Crippen LogP contribution in [-0.4, -0.2) is 28.3 Å². The molecule has 2 aliphatic carbocycles. The van der Waals surface area contributed by atoms with Gasteiger partial charge in [-0.15, -0.1) is 0 Å². The van der Waals surface area contributed by atoms with Crippen LogP contribution in [0.3, 0.4) is 0 Å². The van der Waals surface area contributed by atoms with Crippen molar-refractivity contribution in [2.45, 2.75) is 49.7 Å². The molecule has 2 aromatic heterocycles. The lowest BCUT2D eigenvalue weighted by Crippen LogP contribution is -2.41. The molecule has 0 saturated carbocycles. The van der Waals surface area contributed by atoms with E-state index in [1.165, 1.54) is 83.5 Å². The monoisotopic (exact) mass is 1580 g/mol. The first-order valence-electron chi connectivity index (χ1n) is 39.7. The minimum atomic E-state index is -0.542. The molecule has 0 radical (unpaired) electrons. The van der Waals surface area contributed by atoms with E-state index >= 15 is 0 Å². The van der Waals surface area contributed by atoms with Gasteiger partial charge in [0.15, 0.2) is 11.2 Å². The van der Waals surface area contributed by atoms with E-state index in [0.29, 0.717) is 22.9 Å². The molecular weight excluding hydrogens is 1510 g/mol. The van der Waals surface area contributed by atoms with Gasteiger partial charge in [0.1, 0.15) is 11.0 Å². The van der Waals surface area contributed by atoms with Crippen LogP contribution in [0, 0.1) is 22.7 Å². The molecule has 18 aromatic rings. The highest BCUT2D eigenvalue weighted by atomic mass is 79.9. The Labute approximate surface area is 695 Å². The van der Waals surface area contributed by atoms with Gasteiger partial charge >= 0.3 is 7.12 Å². The van der Waals surface area contributed by atoms with Crippen LogP contribution in [0.4, 0.5) is 0 Å². The lowest BCUT2D eigenvalue weighted by Gasteiger charge is -2.34. The summed E-state index contributed by atoms with van der Waals surface area (Å²) in [4.78, 5) is 9.25. The third kappa shape index (κ3) is 13.3. The summed E-state index contributed by atoms with van der Waals surface area (Å²) in [6, 6.07) is 141. The van der Waals surface area contributed by atoms with Gasteiger partial charge in [0.25, 0.3) is 0 Å². The highest BCUT2D eigenvalue weighted by Gasteiger charge is 2.52. The van der Waals surface area contributed by atoms with Crippen molar-refractivity contribution in [1.82, 2.24) is 9.97 Å². The fraction of sp³-hybridized carbons (Fsp3) is 0.0741. The van der Waals surface area contributed by atoms with Crippen LogP contribution in [0.2, 0.25) is 0 Å². The third-order valence-corrected chi connectivity index (χ3v) is 24.4. The predicted molar refractivity (Wildman–Crippen MR) is 480 cm³/mol. The van der Waals surface area contributed by atoms with E-state index in [9.17, 15) is 5.26 Å². The van der Waals surface area contributed by atoms with Crippen molar-refractivity contribution in [1.29, 1.82) is 10.5 Å². The number of hydrogen-bond donors (Lipinski definition) is 0. The van der Waals surface area contributed by atoms with Crippen molar-refractivity contribution < 1.29 is 18.1 Å². The molecule has 0 spiro atoms. The SMILES string of the molecule is CC1(C)OB(c2ccc(-c3nc4ccccc4o3)cc2)OC1(C)C.N#Cc1ccc(-c2ccc(-c3ccc4c(c3)C(c3ccccc3)(c3ccccc3)c3cc(-c5ccc(-c6nc7ccccc7o6)cc5)ccc3-4)cc2)cc1.N#Cc1ccc(-c2ccc(-c3ccc4c(c3)C(c3ccccc3)(c3ccccc3)c3cc(Br)ccc3-4)cc2)cc1. The normalized spacial score (nSPS) is 14.0. The lowest BCUT2D eigenvalue weighted by atomic mass is 9.67. The smallest absolute Gasteiger partial charge is 0.436 e. The molecule has 1 saturated heterocycles. The van der Waals surface area contributed by atoms with Crippen LogP contribution in [0.25, 0.3) is 123 Å². The molecule has 1 aliphatic heterocycles. The molecule has 0 atom stereocenters. The van der Waals surface area contributed by atoms with E-state index in [1.807, 2.05) is 121 Å². The number of aromatic nitrogens is 2. The van der Waals surface area contributed by atoms with Gasteiger partial charge in [-0.25, -0.2) is 9.97 Å². The van der Waals surface area contributed by atoms with Crippen LogP contribution in [0.5, 0.6) is 0 Å². The number of para-hydroxylation sites is 4. The Bertz CT molecular complexity index is 6700. The molecule has 3 aliphatic rings. The number of oxazole rings is 2. The maximum Gasteiger partial charge on any atom is 0.494 e. The fourth-order valence-electron chi connectivity index (χ4n) is 17.2. The topological polar surface area (TPSA) is 118 Å². The molecule has 0 bridgehead atoms. The van der Waals surface area contributed by atoms with Gasteiger partial charge in [0.2, 0.25) is 11.8 Å². The van der Waals surface area contributed by atoms with Gasteiger partial charge in [-0.3, -0.25) is 0 Å². The van der Waals surface area contributed by atoms with Crippen molar-refractivity contribution in [3.63, 3.8) is 0 Å². The molecule has 16 aromatic carbocycles. The van der Waals surface area contributed by atoms with Gasteiger partial charge in [0, 0.05) is 15.6 Å². The second-order valence-electron chi connectivity index (χ2n) is 31.2. The summed E-state index contributed by atoms with van der Waals surface area (Å²) in [7, 11) is -0.354. The Morgan fingerprint density at radius 3 is 0.864 bits per heavy atom. The molecule has 10 heteroatoms. The van der Waals surface area contributed by atoms with E-state index in [1.54, 1.807) is 0 Å². The molecule has 3 heterocycles. The molecule has 1 fully saturated rings. The summed E-state index contributed by atoms with van der Waals surface area (Å²) in [5, 5.41) is 18.4.